The smallest absolute Gasteiger partial charge is 0.0635 e. The Kier molecular flexibility index (Phi) is 7.20. The summed E-state index contributed by atoms with van der Waals surface area (Å²) in [4.78, 5) is 2.46. The molecular weight excluding hydrogens is 200 g/mol. The molecule has 0 radical (unpaired) electrons. The van der Waals surface area contributed by atoms with E-state index in [1.54, 1.807) is 7.11 Å². The summed E-state index contributed by atoms with van der Waals surface area (Å²) in [6.45, 7) is 2.66. The Hall–Kier alpha value is -0.590. The van der Waals surface area contributed by atoms with Crippen molar-refractivity contribution in [3.63, 3.8) is 0 Å². The Bertz CT molecular complexity index is 204. The van der Waals surface area contributed by atoms with Crippen LogP contribution >= 0.6 is 0 Å². The van der Waals surface area contributed by atoms with Gasteiger partial charge in [-0.05, 0) is 12.8 Å². The van der Waals surface area contributed by atoms with Crippen molar-refractivity contribution in [1.29, 1.82) is 5.26 Å². The molecule has 1 rings (SSSR count). The standard InChI is InChI=1S/C13H24N2O/c1-16-12-11-15(10-6-9-14)13-7-4-2-3-5-8-13/h13H,2-8,10-12H2,1H3. The Morgan fingerprint density at radius 2 is 1.88 bits per heavy atom. The van der Waals surface area contributed by atoms with Gasteiger partial charge in [0.05, 0.1) is 12.7 Å². The van der Waals surface area contributed by atoms with Crippen molar-refractivity contribution in [3.8, 4) is 6.07 Å². The molecule has 0 unspecified atom stereocenters. The molecule has 1 aliphatic rings. The number of nitriles is 1. The van der Waals surface area contributed by atoms with Crippen LogP contribution in [-0.4, -0.2) is 37.7 Å². The number of methoxy groups -OCH3 is 1. The fourth-order valence-electron chi connectivity index (χ4n) is 2.50. The number of ether oxygens (including phenoxy) is 1. The van der Waals surface area contributed by atoms with Gasteiger partial charge in [-0.25, -0.2) is 0 Å². The van der Waals surface area contributed by atoms with E-state index in [4.69, 9.17) is 10.00 Å². The molecule has 0 N–H and O–H groups in total. The largest absolute Gasteiger partial charge is 0.383 e. The zero-order valence-electron chi connectivity index (χ0n) is 10.5. The molecule has 92 valence electrons. The second kappa shape index (κ2) is 8.55. The van der Waals surface area contributed by atoms with Crippen LogP contribution in [0.5, 0.6) is 0 Å². The van der Waals surface area contributed by atoms with Gasteiger partial charge in [0.2, 0.25) is 0 Å². The average molecular weight is 224 g/mol. The Morgan fingerprint density at radius 3 is 2.44 bits per heavy atom. The molecule has 0 aromatic carbocycles. The van der Waals surface area contributed by atoms with E-state index in [9.17, 15) is 0 Å². The van der Waals surface area contributed by atoms with Crippen LogP contribution in [0.1, 0.15) is 44.9 Å². The lowest BCUT2D eigenvalue weighted by molar-refractivity contribution is 0.114. The van der Waals surface area contributed by atoms with Gasteiger partial charge < -0.3 is 4.74 Å². The second-order valence-corrected chi connectivity index (χ2v) is 4.58. The van der Waals surface area contributed by atoms with Crippen LogP contribution in [-0.2, 0) is 4.74 Å². The zero-order valence-corrected chi connectivity index (χ0v) is 10.5. The number of hydrogen-bond donors (Lipinski definition) is 0. The summed E-state index contributed by atoms with van der Waals surface area (Å²) in [5.41, 5.74) is 0. The maximum atomic E-state index is 8.69. The van der Waals surface area contributed by atoms with Gasteiger partial charge in [0.25, 0.3) is 0 Å². The first-order valence-corrected chi connectivity index (χ1v) is 6.48. The highest BCUT2D eigenvalue weighted by atomic mass is 16.5. The van der Waals surface area contributed by atoms with Gasteiger partial charge in [-0.2, -0.15) is 5.26 Å². The summed E-state index contributed by atoms with van der Waals surface area (Å²) >= 11 is 0. The predicted octanol–water partition coefficient (Wildman–Crippen LogP) is 2.57. The van der Waals surface area contributed by atoms with Crippen molar-refractivity contribution in [2.75, 3.05) is 26.8 Å². The fourth-order valence-corrected chi connectivity index (χ4v) is 2.50. The molecule has 16 heavy (non-hydrogen) atoms. The van der Waals surface area contributed by atoms with Crippen LogP contribution in [0.3, 0.4) is 0 Å². The SMILES string of the molecule is COCCN(CCC#N)C1CCCCCC1. The Labute approximate surface area is 99.4 Å². The minimum Gasteiger partial charge on any atom is -0.383 e. The number of rotatable bonds is 6. The maximum Gasteiger partial charge on any atom is 0.0635 e. The second-order valence-electron chi connectivity index (χ2n) is 4.58. The third kappa shape index (κ3) is 4.96. The maximum absolute atomic E-state index is 8.69. The third-order valence-electron chi connectivity index (χ3n) is 3.43. The fraction of sp³-hybridized carbons (Fsp3) is 0.923. The molecule has 0 aliphatic heterocycles. The van der Waals surface area contributed by atoms with Crippen molar-refractivity contribution in [1.82, 2.24) is 4.90 Å². The quantitative estimate of drug-likeness (QED) is 0.651. The highest BCUT2D eigenvalue weighted by molar-refractivity contribution is 4.79. The molecule has 0 aromatic rings. The van der Waals surface area contributed by atoms with Crippen LogP contribution in [0.25, 0.3) is 0 Å². The topological polar surface area (TPSA) is 36.3 Å². The van der Waals surface area contributed by atoms with E-state index < -0.39 is 0 Å². The molecule has 0 spiro atoms. The molecule has 0 aromatic heterocycles. The van der Waals surface area contributed by atoms with E-state index in [1.165, 1.54) is 38.5 Å². The summed E-state index contributed by atoms with van der Waals surface area (Å²) in [6, 6.07) is 2.93. The van der Waals surface area contributed by atoms with E-state index >= 15 is 0 Å². The van der Waals surface area contributed by atoms with Crippen LogP contribution < -0.4 is 0 Å². The summed E-state index contributed by atoms with van der Waals surface area (Å²) in [5, 5.41) is 8.69. The van der Waals surface area contributed by atoms with Gasteiger partial charge in [-0.1, -0.05) is 25.7 Å². The van der Waals surface area contributed by atoms with E-state index in [2.05, 4.69) is 11.0 Å². The average Bonchev–Trinajstić information content (AvgIpc) is 2.58. The molecule has 0 saturated heterocycles. The first-order chi connectivity index (χ1) is 7.88. The normalized spacial score (nSPS) is 18.3. The molecule has 1 aliphatic carbocycles. The Balaban J connectivity index is 2.41. The molecule has 0 heterocycles. The lowest BCUT2D eigenvalue weighted by Gasteiger charge is -2.30. The summed E-state index contributed by atoms with van der Waals surface area (Å²) in [5.74, 6) is 0. The van der Waals surface area contributed by atoms with Crippen molar-refractivity contribution >= 4 is 0 Å². The van der Waals surface area contributed by atoms with E-state index in [1.807, 2.05) is 0 Å². The van der Waals surface area contributed by atoms with Crippen LogP contribution in [0.2, 0.25) is 0 Å². The third-order valence-corrected chi connectivity index (χ3v) is 3.43. The predicted molar refractivity (Wildman–Crippen MR) is 65.2 cm³/mol. The van der Waals surface area contributed by atoms with Crippen LogP contribution in [0.15, 0.2) is 0 Å². The van der Waals surface area contributed by atoms with E-state index in [0.29, 0.717) is 12.5 Å². The van der Waals surface area contributed by atoms with Gasteiger partial charge in [0.1, 0.15) is 0 Å². The molecule has 0 bridgehead atoms. The minimum atomic E-state index is 0.639. The molecular formula is C13H24N2O. The first-order valence-electron chi connectivity index (χ1n) is 6.48. The number of nitrogens with zero attached hydrogens (tertiary/aromatic N) is 2. The molecule has 1 fully saturated rings. The zero-order chi connectivity index (χ0) is 11.6. The van der Waals surface area contributed by atoms with Crippen molar-refractivity contribution in [3.05, 3.63) is 0 Å². The van der Waals surface area contributed by atoms with E-state index in [-0.39, 0.29) is 0 Å². The van der Waals surface area contributed by atoms with Gasteiger partial charge in [0.15, 0.2) is 0 Å². The van der Waals surface area contributed by atoms with Gasteiger partial charge >= 0.3 is 0 Å². The highest BCUT2D eigenvalue weighted by Crippen LogP contribution is 2.21. The van der Waals surface area contributed by atoms with Crippen molar-refractivity contribution < 1.29 is 4.74 Å². The lowest BCUT2D eigenvalue weighted by atomic mass is 10.1. The van der Waals surface area contributed by atoms with Gasteiger partial charge in [0, 0.05) is 32.7 Å². The van der Waals surface area contributed by atoms with Crippen LogP contribution in [0, 0.1) is 11.3 Å². The first kappa shape index (κ1) is 13.5. The molecule has 1 saturated carbocycles. The van der Waals surface area contributed by atoms with Gasteiger partial charge in [-0.15, -0.1) is 0 Å². The van der Waals surface area contributed by atoms with Crippen molar-refractivity contribution in [2.24, 2.45) is 0 Å². The number of hydrogen-bond acceptors (Lipinski definition) is 3. The Morgan fingerprint density at radius 1 is 1.19 bits per heavy atom. The lowest BCUT2D eigenvalue weighted by Crippen LogP contribution is -2.38. The van der Waals surface area contributed by atoms with Crippen molar-refractivity contribution in [2.45, 2.75) is 51.0 Å². The minimum absolute atomic E-state index is 0.639. The summed E-state index contributed by atoms with van der Waals surface area (Å²) in [7, 11) is 1.75. The molecule has 0 atom stereocenters. The van der Waals surface area contributed by atoms with Gasteiger partial charge in [-0.3, -0.25) is 4.90 Å². The molecule has 0 amide bonds. The van der Waals surface area contributed by atoms with E-state index in [0.717, 1.165) is 19.7 Å². The molecule has 3 heteroatoms. The molecule has 3 nitrogen and oxygen atoms in total. The van der Waals surface area contributed by atoms with Crippen LogP contribution in [0.4, 0.5) is 0 Å². The summed E-state index contributed by atoms with van der Waals surface area (Å²) in [6.07, 6.45) is 8.70. The monoisotopic (exact) mass is 224 g/mol. The summed E-state index contributed by atoms with van der Waals surface area (Å²) < 4.78 is 5.15. The highest BCUT2D eigenvalue weighted by Gasteiger charge is 2.19.